The number of rotatable bonds is 12. The number of nitrogens with two attached hydrogens (primary N) is 1. The summed E-state index contributed by atoms with van der Waals surface area (Å²) < 4.78 is 7.50. The second-order valence-electron chi connectivity index (χ2n) is 11.4. The zero-order valence-corrected chi connectivity index (χ0v) is 24.7. The monoisotopic (exact) mass is 590 g/mol. The van der Waals surface area contributed by atoms with Crippen LogP contribution >= 0.6 is 0 Å². The molecule has 1 aromatic heterocycles. The number of nitrogens with zero attached hydrogens (tertiary/aromatic N) is 3. The van der Waals surface area contributed by atoms with Crippen molar-refractivity contribution in [3.63, 3.8) is 0 Å². The number of imidazole rings is 1. The van der Waals surface area contributed by atoms with Gasteiger partial charge in [-0.15, -0.1) is 0 Å². The van der Waals surface area contributed by atoms with E-state index in [1.54, 1.807) is 30.9 Å². The lowest BCUT2D eigenvalue weighted by Gasteiger charge is -2.34. The minimum Gasteiger partial charge on any atom is -0.374 e. The molecule has 0 bridgehead atoms. The lowest BCUT2D eigenvalue weighted by atomic mass is 9.93. The zero-order chi connectivity index (χ0) is 30.1. The van der Waals surface area contributed by atoms with E-state index in [0.29, 0.717) is 5.92 Å². The van der Waals surface area contributed by atoms with Gasteiger partial charge in [0.15, 0.2) is 5.82 Å². The van der Waals surface area contributed by atoms with E-state index in [2.05, 4.69) is 22.5 Å². The largest absolute Gasteiger partial charge is 0.374 e. The van der Waals surface area contributed by atoms with E-state index in [1.165, 1.54) is 0 Å². The third kappa shape index (κ3) is 9.23. The van der Waals surface area contributed by atoms with Crippen LogP contribution in [0.25, 0.3) is 0 Å². The number of ether oxygens (including phenoxy) is 1. The Hall–Kier alpha value is -4.02. The van der Waals surface area contributed by atoms with Crippen LogP contribution in [0.5, 0.6) is 0 Å². The number of anilines is 1. The van der Waals surface area contributed by atoms with Gasteiger partial charge in [0.2, 0.25) is 11.8 Å². The molecule has 4 N–H and O–H groups in total. The Labute approximate surface area is 255 Å². The highest BCUT2D eigenvalue weighted by Crippen LogP contribution is 2.27. The molecule has 10 nitrogen and oxygen atoms in total. The Balaban J connectivity index is 0.00000506. The van der Waals surface area contributed by atoms with Crippen molar-refractivity contribution in [3.05, 3.63) is 84.3 Å². The van der Waals surface area contributed by atoms with Gasteiger partial charge in [-0.05, 0) is 43.7 Å². The molecule has 2 aromatic carbocycles. The Morgan fingerprint density at radius 1 is 1.05 bits per heavy atom. The van der Waals surface area contributed by atoms with Gasteiger partial charge >= 0.3 is 0 Å². The molecular weight excluding hydrogens is 544 g/mol. The van der Waals surface area contributed by atoms with Crippen LogP contribution in [0.4, 0.5) is 5.82 Å². The molecule has 1 saturated heterocycles. The van der Waals surface area contributed by atoms with Crippen LogP contribution in [0.2, 0.25) is 0 Å². The van der Waals surface area contributed by atoms with Crippen molar-refractivity contribution in [1.82, 2.24) is 19.8 Å². The Morgan fingerprint density at radius 3 is 2.28 bits per heavy atom. The van der Waals surface area contributed by atoms with Crippen LogP contribution in [-0.2, 0) is 25.7 Å². The van der Waals surface area contributed by atoms with Gasteiger partial charge in [-0.2, -0.15) is 0 Å². The molecule has 3 amide bonds. The summed E-state index contributed by atoms with van der Waals surface area (Å²) in [5, 5.41) is 5.47. The first-order chi connectivity index (χ1) is 20.2. The molecule has 1 fully saturated rings. The summed E-state index contributed by atoms with van der Waals surface area (Å²) in [4.78, 5) is 46.1. The number of carbonyl (C=O) groups is 3. The number of carbonyl (C=O) groups excluding carboxylic acids is 3. The fraction of sp³-hybridized carbons (Fsp3) is 0.455. The van der Waals surface area contributed by atoms with E-state index in [9.17, 15) is 14.4 Å². The quantitative estimate of drug-likeness (QED) is 0.291. The van der Waals surface area contributed by atoms with Crippen molar-refractivity contribution in [2.45, 2.75) is 71.7 Å². The van der Waals surface area contributed by atoms with Crippen LogP contribution < -0.4 is 16.4 Å². The minimum atomic E-state index is -1.19. The van der Waals surface area contributed by atoms with E-state index in [0.717, 1.165) is 43.5 Å². The van der Waals surface area contributed by atoms with Gasteiger partial charge < -0.3 is 30.6 Å². The number of hydrogen-bond acceptors (Lipinski definition) is 6. The average molecular weight is 591 g/mol. The molecular formula is C33H46N6O4. The van der Waals surface area contributed by atoms with E-state index in [1.807, 2.05) is 65.6 Å². The molecule has 43 heavy (non-hydrogen) atoms. The smallest absolute Gasteiger partial charge is 0.250 e. The lowest BCUT2D eigenvalue weighted by molar-refractivity contribution is -0.135. The van der Waals surface area contributed by atoms with Crippen LogP contribution in [-0.4, -0.2) is 63.4 Å². The number of nitrogens with one attached hydrogen (secondary N) is 2. The van der Waals surface area contributed by atoms with E-state index < -0.39 is 29.4 Å². The number of benzene rings is 2. The molecule has 0 radical (unpaired) electrons. The number of piperidine rings is 1. The molecule has 4 rings (SSSR count). The zero-order valence-electron chi connectivity index (χ0n) is 24.7. The van der Waals surface area contributed by atoms with E-state index in [4.69, 9.17) is 10.5 Å². The van der Waals surface area contributed by atoms with Crippen LogP contribution in [0.3, 0.4) is 0 Å². The maximum absolute atomic E-state index is 13.8. The average Bonchev–Trinajstić information content (AvgIpc) is 3.44. The van der Waals surface area contributed by atoms with Crippen molar-refractivity contribution >= 4 is 23.5 Å². The first-order valence-electron chi connectivity index (χ1n) is 14.5. The predicted octanol–water partition coefficient (Wildman–Crippen LogP) is 4.13. The molecule has 1 aliphatic rings. The third-order valence-electron chi connectivity index (χ3n) is 7.61. The van der Waals surface area contributed by atoms with Crippen LogP contribution in [0, 0.1) is 5.92 Å². The van der Waals surface area contributed by atoms with Crippen LogP contribution in [0.1, 0.15) is 64.6 Å². The highest BCUT2D eigenvalue weighted by Gasteiger charge is 2.32. The summed E-state index contributed by atoms with van der Waals surface area (Å²) in [5.74, 6) is -0.0918. The molecule has 0 saturated carbocycles. The van der Waals surface area contributed by atoms with Gasteiger partial charge in [0.05, 0.1) is 25.1 Å². The standard InChI is InChI=1S/C32H42N6O4.CH4/c1-4-23-15-17-37(18-16-23)30(40)28(25-13-9-6-10-14-25)38-19-27(34-22-38)36-29(39)26(35-31(41)32(2,3)33)21-42-20-24-11-7-5-8-12-24;/h5-14,19,22-23,26,28H,4,15-18,20-21,33H2,1-3H3,(H,35,41)(H,36,39);1H4/t26-,28?;/m1./s1. The molecule has 232 valence electrons. The Bertz CT molecular complexity index is 1310. The van der Waals surface area contributed by atoms with Crippen molar-refractivity contribution in [2.75, 3.05) is 25.0 Å². The summed E-state index contributed by atoms with van der Waals surface area (Å²) >= 11 is 0. The second-order valence-corrected chi connectivity index (χ2v) is 11.4. The normalized spacial score (nSPS) is 15.2. The van der Waals surface area contributed by atoms with Gasteiger partial charge in [-0.3, -0.25) is 14.4 Å². The minimum absolute atomic E-state index is 0. The molecule has 0 spiro atoms. The SMILES string of the molecule is C.CCC1CCN(C(=O)C(c2ccccc2)n2cnc(NC(=O)[C@@H](COCc3ccccc3)NC(=O)C(C)(C)N)c2)CC1. The van der Waals surface area contributed by atoms with Gasteiger partial charge in [-0.1, -0.05) is 81.4 Å². The van der Waals surface area contributed by atoms with Crippen molar-refractivity contribution < 1.29 is 19.1 Å². The first-order valence-corrected chi connectivity index (χ1v) is 14.5. The molecule has 10 heteroatoms. The van der Waals surface area contributed by atoms with Gasteiger partial charge in [0.1, 0.15) is 12.1 Å². The summed E-state index contributed by atoms with van der Waals surface area (Å²) in [7, 11) is 0. The summed E-state index contributed by atoms with van der Waals surface area (Å²) in [6, 6.07) is 17.5. The predicted molar refractivity (Wildman–Crippen MR) is 168 cm³/mol. The maximum Gasteiger partial charge on any atom is 0.250 e. The maximum atomic E-state index is 13.8. The van der Waals surface area contributed by atoms with Crippen molar-refractivity contribution in [2.24, 2.45) is 11.7 Å². The Morgan fingerprint density at radius 2 is 1.67 bits per heavy atom. The van der Waals surface area contributed by atoms with Crippen molar-refractivity contribution in [3.8, 4) is 0 Å². The highest BCUT2D eigenvalue weighted by molar-refractivity contribution is 5.98. The molecule has 2 heterocycles. The van der Waals surface area contributed by atoms with E-state index in [-0.39, 0.29) is 32.4 Å². The van der Waals surface area contributed by atoms with Gasteiger partial charge in [0.25, 0.3) is 5.91 Å². The molecule has 0 aliphatic carbocycles. The van der Waals surface area contributed by atoms with Crippen molar-refractivity contribution in [1.29, 1.82) is 0 Å². The molecule has 3 aromatic rings. The van der Waals surface area contributed by atoms with E-state index >= 15 is 0 Å². The highest BCUT2D eigenvalue weighted by atomic mass is 16.5. The fourth-order valence-electron chi connectivity index (χ4n) is 4.96. The van der Waals surface area contributed by atoms with Gasteiger partial charge in [-0.25, -0.2) is 4.98 Å². The third-order valence-corrected chi connectivity index (χ3v) is 7.61. The number of amides is 3. The molecule has 2 atom stereocenters. The number of likely N-dealkylation sites (tertiary alicyclic amines) is 1. The fourth-order valence-corrected chi connectivity index (χ4v) is 4.96. The van der Waals surface area contributed by atoms with Gasteiger partial charge in [0, 0.05) is 19.3 Å². The number of hydrogen-bond donors (Lipinski definition) is 3. The summed E-state index contributed by atoms with van der Waals surface area (Å²) in [6.07, 6.45) is 6.30. The Kier molecular flexibility index (Phi) is 12.0. The topological polar surface area (TPSA) is 132 Å². The summed E-state index contributed by atoms with van der Waals surface area (Å²) in [6.45, 7) is 6.98. The summed E-state index contributed by atoms with van der Waals surface area (Å²) in [5.41, 5.74) is 6.55. The molecule has 1 aliphatic heterocycles. The number of aromatic nitrogens is 2. The lowest BCUT2D eigenvalue weighted by Crippen LogP contribution is -2.56. The van der Waals surface area contributed by atoms with Crippen LogP contribution in [0.15, 0.2) is 73.2 Å². The second kappa shape index (κ2) is 15.5. The molecule has 1 unspecified atom stereocenters. The first kappa shape index (κ1) is 33.5.